The van der Waals surface area contributed by atoms with Crippen molar-refractivity contribution in [1.82, 2.24) is 9.88 Å². The second-order valence-corrected chi connectivity index (χ2v) is 7.71. The van der Waals surface area contributed by atoms with Gasteiger partial charge in [0.05, 0.1) is 5.52 Å². The van der Waals surface area contributed by atoms with Crippen LogP contribution >= 0.6 is 0 Å². The van der Waals surface area contributed by atoms with Crippen LogP contribution in [0.3, 0.4) is 0 Å². The second-order valence-electron chi connectivity index (χ2n) is 7.71. The zero-order valence-electron chi connectivity index (χ0n) is 14.9. The summed E-state index contributed by atoms with van der Waals surface area (Å²) in [5, 5.41) is 10.9. The SMILES string of the molecule is C=C[C@H]1C[C@@H]2CCN1[C@H](C(C)(C(=O)O)c1ccnc3ccc(F)cc13)C2. The lowest BCUT2D eigenvalue weighted by Crippen LogP contribution is -2.62. The van der Waals surface area contributed by atoms with Crippen molar-refractivity contribution in [2.45, 2.75) is 43.7 Å². The number of carboxylic acid groups (broad SMARTS) is 1. The van der Waals surface area contributed by atoms with Gasteiger partial charge in [0, 0.05) is 23.7 Å². The Morgan fingerprint density at radius 1 is 1.42 bits per heavy atom. The molecule has 1 aromatic heterocycles. The zero-order valence-corrected chi connectivity index (χ0v) is 14.9. The first-order chi connectivity index (χ1) is 12.4. The lowest BCUT2D eigenvalue weighted by atomic mass is 9.65. The highest BCUT2D eigenvalue weighted by atomic mass is 19.1. The third-order valence-corrected chi connectivity index (χ3v) is 6.40. The highest BCUT2D eigenvalue weighted by Gasteiger charge is 2.52. The molecule has 0 saturated carbocycles. The Morgan fingerprint density at radius 3 is 2.92 bits per heavy atom. The van der Waals surface area contributed by atoms with Gasteiger partial charge in [0.1, 0.15) is 11.2 Å². The Labute approximate surface area is 152 Å². The molecular weight excluding hydrogens is 331 g/mol. The minimum Gasteiger partial charge on any atom is -0.481 e. The quantitative estimate of drug-likeness (QED) is 0.850. The molecule has 2 aromatic rings. The van der Waals surface area contributed by atoms with Gasteiger partial charge in [0.2, 0.25) is 0 Å². The summed E-state index contributed by atoms with van der Waals surface area (Å²) in [7, 11) is 0. The van der Waals surface area contributed by atoms with Crippen LogP contribution in [0.4, 0.5) is 4.39 Å². The molecular formula is C21H23FN2O2. The number of carbonyl (C=O) groups is 1. The average molecular weight is 354 g/mol. The number of hydrogen-bond acceptors (Lipinski definition) is 3. The Morgan fingerprint density at radius 2 is 2.23 bits per heavy atom. The summed E-state index contributed by atoms with van der Waals surface area (Å²) >= 11 is 0. The van der Waals surface area contributed by atoms with E-state index in [1.165, 1.54) is 12.1 Å². The van der Waals surface area contributed by atoms with Crippen molar-refractivity contribution in [3.63, 3.8) is 0 Å². The molecule has 0 amide bonds. The van der Waals surface area contributed by atoms with Crippen molar-refractivity contribution in [1.29, 1.82) is 0 Å². The van der Waals surface area contributed by atoms with E-state index < -0.39 is 11.4 Å². The first-order valence-corrected chi connectivity index (χ1v) is 9.11. The summed E-state index contributed by atoms with van der Waals surface area (Å²) in [4.78, 5) is 19.1. The van der Waals surface area contributed by atoms with Crippen LogP contribution in [0.1, 0.15) is 31.7 Å². The van der Waals surface area contributed by atoms with Crippen LogP contribution in [0.15, 0.2) is 43.1 Å². The largest absolute Gasteiger partial charge is 0.481 e. The number of aromatic nitrogens is 1. The fourth-order valence-corrected chi connectivity index (χ4v) is 4.95. The summed E-state index contributed by atoms with van der Waals surface area (Å²) in [5.41, 5.74) is 0.109. The van der Waals surface area contributed by atoms with Gasteiger partial charge in [-0.25, -0.2) is 4.39 Å². The van der Waals surface area contributed by atoms with Gasteiger partial charge in [-0.05, 0) is 68.5 Å². The van der Waals surface area contributed by atoms with Crippen molar-refractivity contribution < 1.29 is 14.3 Å². The molecule has 3 aliphatic rings. The van der Waals surface area contributed by atoms with Crippen LogP contribution in [-0.2, 0) is 10.2 Å². The smallest absolute Gasteiger partial charge is 0.315 e. The van der Waals surface area contributed by atoms with Crippen molar-refractivity contribution in [3.8, 4) is 0 Å². The van der Waals surface area contributed by atoms with Gasteiger partial charge in [-0.15, -0.1) is 6.58 Å². The molecule has 4 heterocycles. The lowest BCUT2D eigenvalue weighted by Gasteiger charge is -2.54. The molecule has 5 atom stereocenters. The number of aliphatic carboxylic acids is 1. The molecule has 3 aliphatic heterocycles. The van der Waals surface area contributed by atoms with E-state index in [0.717, 1.165) is 25.8 Å². The number of halogens is 1. The van der Waals surface area contributed by atoms with Crippen LogP contribution in [0.25, 0.3) is 10.9 Å². The van der Waals surface area contributed by atoms with Crippen molar-refractivity contribution in [3.05, 3.63) is 54.5 Å². The third kappa shape index (κ3) is 2.45. The van der Waals surface area contributed by atoms with E-state index in [-0.39, 0.29) is 17.9 Å². The van der Waals surface area contributed by atoms with E-state index in [9.17, 15) is 14.3 Å². The highest BCUT2D eigenvalue weighted by Crippen LogP contribution is 2.46. The molecule has 1 N–H and O–H groups in total. The van der Waals surface area contributed by atoms with E-state index in [1.54, 1.807) is 25.3 Å². The molecule has 4 nitrogen and oxygen atoms in total. The van der Waals surface area contributed by atoms with Gasteiger partial charge < -0.3 is 5.11 Å². The van der Waals surface area contributed by atoms with E-state index in [2.05, 4.69) is 16.5 Å². The molecule has 136 valence electrons. The monoisotopic (exact) mass is 354 g/mol. The van der Waals surface area contributed by atoms with Gasteiger partial charge >= 0.3 is 5.97 Å². The van der Waals surface area contributed by atoms with Crippen molar-refractivity contribution in [2.24, 2.45) is 5.92 Å². The molecule has 3 fully saturated rings. The predicted molar refractivity (Wildman–Crippen MR) is 98.5 cm³/mol. The minimum atomic E-state index is -1.14. The number of rotatable bonds is 4. The Bertz CT molecular complexity index is 883. The van der Waals surface area contributed by atoms with Gasteiger partial charge in [-0.1, -0.05) is 6.08 Å². The van der Waals surface area contributed by atoms with Gasteiger partial charge in [-0.3, -0.25) is 14.7 Å². The van der Waals surface area contributed by atoms with Crippen LogP contribution in [0.5, 0.6) is 0 Å². The van der Waals surface area contributed by atoms with Gasteiger partial charge in [-0.2, -0.15) is 0 Å². The van der Waals surface area contributed by atoms with Crippen molar-refractivity contribution in [2.75, 3.05) is 6.54 Å². The average Bonchev–Trinajstić information content (AvgIpc) is 2.66. The number of fused-ring (bicyclic) bond motifs is 4. The molecule has 5 heteroatoms. The number of piperidine rings is 3. The van der Waals surface area contributed by atoms with E-state index >= 15 is 0 Å². The van der Waals surface area contributed by atoms with E-state index in [1.807, 2.05) is 6.08 Å². The summed E-state index contributed by atoms with van der Waals surface area (Å²) in [5.74, 6) is -0.750. The molecule has 2 bridgehead atoms. The van der Waals surface area contributed by atoms with Gasteiger partial charge in [0.25, 0.3) is 0 Å². The molecule has 2 unspecified atom stereocenters. The number of nitrogens with zero attached hydrogens (tertiary/aromatic N) is 2. The first kappa shape index (κ1) is 17.2. The van der Waals surface area contributed by atoms with Crippen LogP contribution < -0.4 is 0 Å². The van der Waals surface area contributed by atoms with Crippen molar-refractivity contribution >= 4 is 16.9 Å². The molecule has 0 spiro atoms. The molecule has 0 radical (unpaired) electrons. The topological polar surface area (TPSA) is 53.4 Å². The zero-order chi connectivity index (χ0) is 18.5. The Balaban J connectivity index is 1.90. The number of hydrogen-bond donors (Lipinski definition) is 1. The minimum absolute atomic E-state index is 0.149. The number of carboxylic acids is 1. The van der Waals surface area contributed by atoms with Gasteiger partial charge in [0.15, 0.2) is 0 Å². The maximum Gasteiger partial charge on any atom is 0.315 e. The first-order valence-electron chi connectivity index (χ1n) is 9.11. The second kappa shape index (κ2) is 6.16. The number of pyridine rings is 1. The van der Waals surface area contributed by atoms with E-state index in [4.69, 9.17) is 0 Å². The summed E-state index contributed by atoms with van der Waals surface area (Å²) in [6.45, 7) is 6.61. The summed E-state index contributed by atoms with van der Waals surface area (Å²) in [6, 6.07) is 6.16. The molecule has 26 heavy (non-hydrogen) atoms. The highest BCUT2D eigenvalue weighted by molar-refractivity contribution is 5.91. The maximum absolute atomic E-state index is 13.9. The maximum atomic E-state index is 13.9. The standard InChI is InChI=1S/C21H23FN2O2/c1-3-15-10-13-7-9-24(15)19(11-13)21(2,20(25)26)17-6-8-23-18-5-4-14(22)12-16(17)18/h3-6,8,12-13,15,19H,1,7,9-11H2,2H3,(H,25,26)/t13-,15-,19-,21?/m0/s1. The third-order valence-electron chi connectivity index (χ3n) is 6.40. The normalized spacial score (nSPS) is 30.1. The Hall–Kier alpha value is -2.27. The van der Waals surface area contributed by atoms with E-state index in [0.29, 0.717) is 22.4 Å². The molecule has 1 aromatic carbocycles. The lowest BCUT2D eigenvalue weighted by molar-refractivity contribution is -0.149. The Kier molecular flexibility index (Phi) is 4.07. The molecule has 5 rings (SSSR count). The molecule has 0 aliphatic carbocycles. The molecule has 3 saturated heterocycles. The van der Waals surface area contributed by atoms with Crippen LogP contribution in [0.2, 0.25) is 0 Å². The van der Waals surface area contributed by atoms with Crippen LogP contribution in [0, 0.1) is 11.7 Å². The fourth-order valence-electron chi connectivity index (χ4n) is 4.95. The fraction of sp³-hybridized carbons (Fsp3) is 0.429. The van der Waals surface area contributed by atoms with Crippen LogP contribution in [-0.4, -0.2) is 39.6 Å². The summed E-state index contributed by atoms with van der Waals surface area (Å²) in [6.07, 6.45) is 6.54. The summed E-state index contributed by atoms with van der Waals surface area (Å²) < 4.78 is 13.9. The predicted octanol–water partition coefficient (Wildman–Crippen LogP) is 3.76. The number of benzene rings is 1.